The molecule has 1 aromatic carbocycles. The minimum Gasteiger partial charge on any atom is -0.314 e. The van der Waals surface area contributed by atoms with Gasteiger partial charge in [-0.25, -0.2) is 0 Å². The number of nitrogens with one attached hydrogen (secondary N) is 2. The molecule has 1 saturated heterocycles. The van der Waals surface area contributed by atoms with E-state index in [2.05, 4.69) is 15.0 Å². The second kappa shape index (κ2) is 5.35. The minimum absolute atomic E-state index is 0.484. The minimum atomic E-state index is -3.51. The van der Waals surface area contributed by atoms with Crippen LogP contribution in [-0.4, -0.2) is 43.9 Å². The Bertz CT molecular complexity index is 706. The highest BCUT2D eigenvalue weighted by Gasteiger charge is 2.24. The van der Waals surface area contributed by atoms with Gasteiger partial charge in [-0.2, -0.15) is 12.7 Å². The van der Waals surface area contributed by atoms with Crippen molar-refractivity contribution in [2.45, 2.75) is 0 Å². The molecule has 0 amide bonds. The van der Waals surface area contributed by atoms with E-state index < -0.39 is 10.2 Å². The largest absolute Gasteiger partial charge is 0.314 e. The van der Waals surface area contributed by atoms with Crippen LogP contribution in [-0.2, 0) is 10.2 Å². The Morgan fingerprint density at radius 3 is 2.80 bits per heavy atom. The number of benzene rings is 1. The zero-order chi connectivity index (χ0) is 14.0. The summed E-state index contributed by atoms with van der Waals surface area (Å²) in [6.07, 6.45) is 3.36. The van der Waals surface area contributed by atoms with Gasteiger partial charge >= 0.3 is 10.2 Å². The van der Waals surface area contributed by atoms with Crippen LogP contribution in [0.25, 0.3) is 10.8 Å². The van der Waals surface area contributed by atoms with E-state index in [-0.39, 0.29) is 0 Å². The Labute approximate surface area is 118 Å². The van der Waals surface area contributed by atoms with Gasteiger partial charge in [-0.05, 0) is 17.5 Å². The molecule has 0 bridgehead atoms. The fraction of sp³-hybridized carbons (Fsp3) is 0.308. The molecule has 0 atom stereocenters. The van der Waals surface area contributed by atoms with E-state index in [4.69, 9.17) is 0 Å². The zero-order valence-corrected chi connectivity index (χ0v) is 11.7. The van der Waals surface area contributed by atoms with Gasteiger partial charge in [0.15, 0.2) is 0 Å². The summed E-state index contributed by atoms with van der Waals surface area (Å²) < 4.78 is 28.8. The molecule has 0 spiro atoms. The number of fused-ring (bicyclic) bond motifs is 1. The van der Waals surface area contributed by atoms with Gasteiger partial charge in [-0.3, -0.25) is 9.71 Å². The summed E-state index contributed by atoms with van der Waals surface area (Å²) in [5.41, 5.74) is 0.564. The van der Waals surface area contributed by atoms with E-state index in [1.807, 2.05) is 18.2 Å². The second-order valence-electron chi connectivity index (χ2n) is 4.66. The quantitative estimate of drug-likeness (QED) is 0.877. The summed E-state index contributed by atoms with van der Waals surface area (Å²) in [6, 6.07) is 7.37. The van der Waals surface area contributed by atoms with Crippen molar-refractivity contribution >= 4 is 26.7 Å². The van der Waals surface area contributed by atoms with Gasteiger partial charge in [0, 0.05) is 44.0 Å². The molecule has 1 aliphatic rings. The first-order chi connectivity index (χ1) is 9.67. The predicted octanol–water partition coefficient (Wildman–Crippen LogP) is 0.797. The number of piperazine rings is 1. The van der Waals surface area contributed by atoms with Crippen molar-refractivity contribution in [2.24, 2.45) is 0 Å². The number of pyridine rings is 1. The maximum atomic E-state index is 12.4. The Morgan fingerprint density at radius 2 is 2.00 bits per heavy atom. The number of anilines is 1. The Balaban J connectivity index is 1.92. The predicted molar refractivity (Wildman–Crippen MR) is 78.7 cm³/mol. The number of nitrogens with zero attached hydrogens (tertiary/aromatic N) is 2. The van der Waals surface area contributed by atoms with Gasteiger partial charge in [0.25, 0.3) is 0 Å². The molecular weight excluding hydrogens is 276 g/mol. The van der Waals surface area contributed by atoms with Crippen LogP contribution >= 0.6 is 0 Å². The van der Waals surface area contributed by atoms with Gasteiger partial charge in [-0.1, -0.05) is 12.1 Å². The van der Waals surface area contributed by atoms with Crippen LogP contribution in [0.2, 0.25) is 0 Å². The van der Waals surface area contributed by atoms with Crippen LogP contribution in [0.1, 0.15) is 0 Å². The maximum absolute atomic E-state index is 12.4. The van der Waals surface area contributed by atoms with Crippen molar-refractivity contribution in [2.75, 3.05) is 30.9 Å². The van der Waals surface area contributed by atoms with Crippen molar-refractivity contribution in [3.8, 4) is 0 Å². The number of rotatable bonds is 3. The number of aromatic nitrogens is 1. The maximum Gasteiger partial charge on any atom is 0.301 e. The van der Waals surface area contributed by atoms with Crippen molar-refractivity contribution in [1.29, 1.82) is 0 Å². The fourth-order valence-corrected chi connectivity index (χ4v) is 3.54. The molecule has 1 aliphatic heterocycles. The second-order valence-corrected chi connectivity index (χ2v) is 6.33. The highest BCUT2D eigenvalue weighted by molar-refractivity contribution is 7.90. The first kappa shape index (κ1) is 13.3. The lowest BCUT2D eigenvalue weighted by atomic mass is 10.1. The van der Waals surface area contributed by atoms with Crippen molar-refractivity contribution in [3.05, 3.63) is 36.7 Å². The Morgan fingerprint density at radius 1 is 1.20 bits per heavy atom. The summed E-state index contributed by atoms with van der Waals surface area (Å²) in [7, 11) is -3.51. The molecule has 2 aromatic rings. The summed E-state index contributed by atoms with van der Waals surface area (Å²) in [5, 5.41) is 4.89. The first-order valence-electron chi connectivity index (χ1n) is 6.48. The molecule has 0 saturated carbocycles. The summed E-state index contributed by atoms with van der Waals surface area (Å²) in [5.74, 6) is 0. The van der Waals surface area contributed by atoms with E-state index in [9.17, 15) is 8.42 Å². The van der Waals surface area contributed by atoms with Crippen molar-refractivity contribution < 1.29 is 8.42 Å². The third-order valence-electron chi connectivity index (χ3n) is 3.34. The molecule has 6 nitrogen and oxygen atoms in total. The average Bonchev–Trinajstić information content (AvgIpc) is 2.48. The van der Waals surface area contributed by atoms with Gasteiger partial charge in [0.05, 0.1) is 5.69 Å². The first-order valence-corrected chi connectivity index (χ1v) is 7.92. The highest BCUT2D eigenvalue weighted by Crippen LogP contribution is 2.23. The molecule has 0 radical (unpaired) electrons. The molecule has 0 aliphatic carbocycles. The molecule has 1 fully saturated rings. The SMILES string of the molecule is O=S(=O)(Nc1cccc2ccncc12)N1CCNCC1. The van der Waals surface area contributed by atoms with Gasteiger partial charge in [0.1, 0.15) is 0 Å². The molecule has 106 valence electrons. The van der Waals surface area contributed by atoms with Gasteiger partial charge < -0.3 is 5.32 Å². The van der Waals surface area contributed by atoms with Crippen LogP contribution in [0.4, 0.5) is 5.69 Å². The third kappa shape index (κ3) is 2.60. The standard InChI is InChI=1S/C13H16N4O2S/c18-20(19,17-8-6-14-7-9-17)16-13-3-1-2-11-4-5-15-10-12(11)13/h1-5,10,14,16H,6-9H2. The molecule has 7 heteroatoms. The van der Waals surface area contributed by atoms with Crippen molar-refractivity contribution in [1.82, 2.24) is 14.6 Å². The monoisotopic (exact) mass is 292 g/mol. The molecule has 20 heavy (non-hydrogen) atoms. The average molecular weight is 292 g/mol. The summed E-state index contributed by atoms with van der Waals surface area (Å²) in [6.45, 7) is 2.33. The highest BCUT2D eigenvalue weighted by atomic mass is 32.2. The van der Waals surface area contributed by atoms with E-state index >= 15 is 0 Å². The normalized spacial score (nSPS) is 17.2. The molecule has 2 N–H and O–H groups in total. The molecular formula is C13H16N4O2S. The summed E-state index contributed by atoms with van der Waals surface area (Å²) >= 11 is 0. The lowest BCUT2D eigenvalue weighted by molar-refractivity contribution is 0.362. The molecule has 3 rings (SSSR count). The molecule has 1 aromatic heterocycles. The summed E-state index contributed by atoms with van der Waals surface area (Å²) in [4.78, 5) is 4.06. The van der Waals surface area contributed by atoms with E-state index in [1.54, 1.807) is 18.5 Å². The van der Waals surface area contributed by atoms with Crippen LogP contribution in [0.5, 0.6) is 0 Å². The van der Waals surface area contributed by atoms with Crippen LogP contribution in [0, 0.1) is 0 Å². The van der Waals surface area contributed by atoms with Crippen molar-refractivity contribution in [3.63, 3.8) is 0 Å². The smallest absolute Gasteiger partial charge is 0.301 e. The number of hydrogen-bond acceptors (Lipinski definition) is 4. The van der Waals surface area contributed by atoms with E-state index in [0.29, 0.717) is 31.9 Å². The third-order valence-corrected chi connectivity index (χ3v) is 4.86. The topological polar surface area (TPSA) is 74.3 Å². The van der Waals surface area contributed by atoms with Gasteiger partial charge in [0.2, 0.25) is 0 Å². The van der Waals surface area contributed by atoms with E-state index in [0.717, 1.165) is 10.8 Å². The lowest BCUT2D eigenvalue weighted by Gasteiger charge is -2.27. The molecule has 2 heterocycles. The lowest BCUT2D eigenvalue weighted by Crippen LogP contribution is -2.48. The fourth-order valence-electron chi connectivity index (χ4n) is 2.29. The Kier molecular flexibility index (Phi) is 3.56. The molecule has 0 unspecified atom stereocenters. The van der Waals surface area contributed by atoms with Gasteiger partial charge in [-0.15, -0.1) is 0 Å². The van der Waals surface area contributed by atoms with E-state index in [1.165, 1.54) is 4.31 Å². The van der Waals surface area contributed by atoms with Crippen LogP contribution in [0.15, 0.2) is 36.7 Å². The van der Waals surface area contributed by atoms with Crippen LogP contribution < -0.4 is 10.0 Å². The van der Waals surface area contributed by atoms with Crippen LogP contribution in [0.3, 0.4) is 0 Å². The Hall–Kier alpha value is -1.70. The number of hydrogen-bond donors (Lipinski definition) is 2. The zero-order valence-electron chi connectivity index (χ0n) is 10.9.